The van der Waals surface area contributed by atoms with E-state index < -0.39 is 17.8 Å². The molecule has 0 aliphatic rings. The summed E-state index contributed by atoms with van der Waals surface area (Å²) in [6.07, 6.45) is 0. The summed E-state index contributed by atoms with van der Waals surface area (Å²) in [5, 5.41) is 11.6. The van der Waals surface area contributed by atoms with E-state index in [4.69, 9.17) is 5.11 Å². The molecule has 2 atom stereocenters. The SMILES string of the molecule is CC(C(=O)O)C(C)C(=O)Nc1ccc(N(C)C)cc1. The number of carbonyl (C=O) groups excluding carboxylic acids is 1. The van der Waals surface area contributed by atoms with Gasteiger partial charge in [-0.15, -0.1) is 0 Å². The predicted molar refractivity (Wildman–Crippen MR) is 75.4 cm³/mol. The summed E-state index contributed by atoms with van der Waals surface area (Å²) < 4.78 is 0. The first-order valence-electron chi connectivity index (χ1n) is 6.14. The summed E-state index contributed by atoms with van der Waals surface area (Å²) in [5.74, 6) is -2.54. The Morgan fingerprint density at radius 3 is 2.05 bits per heavy atom. The molecule has 19 heavy (non-hydrogen) atoms. The molecule has 0 bridgehead atoms. The number of amides is 1. The van der Waals surface area contributed by atoms with E-state index in [1.165, 1.54) is 6.92 Å². The highest BCUT2D eigenvalue weighted by Gasteiger charge is 2.25. The van der Waals surface area contributed by atoms with Crippen LogP contribution in [0.15, 0.2) is 24.3 Å². The van der Waals surface area contributed by atoms with Gasteiger partial charge in [0.2, 0.25) is 5.91 Å². The Hall–Kier alpha value is -2.04. The summed E-state index contributed by atoms with van der Waals surface area (Å²) in [7, 11) is 3.87. The number of anilines is 2. The maximum atomic E-state index is 11.9. The Morgan fingerprint density at radius 1 is 1.11 bits per heavy atom. The standard InChI is InChI=1S/C14H20N2O3/c1-9(10(2)14(18)19)13(17)15-11-5-7-12(8-6-11)16(3)4/h5-10H,1-4H3,(H,15,17)(H,18,19). The van der Waals surface area contributed by atoms with E-state index in [0.29, 0.717) is 5.69 Å². The minimum atomic E-state index is -0.967. The van der Waals surface area contributed by atoms with Gasteiger partial charge in [0, 0.05) is 31.4 Å². The highest BCUT2D eigenvalue weighted by Crippen LogP contribution is 2.18. The number of hydrogen-bond acceptors (Lipinski definition) is 3. The molecule has 1 rings (SSSR count). The Balaban J connectivity index is 2.69. The molecule has 0 aromatic heterocycles. The lowest BCUT2D eigenvalue weighted by molar-refractivity contribution is -0.145. The van der Waals surface area contributed by atoms with E-state index in [-0.39, 0.29) is 5.91 Å². The molecule has 0 saturated heterocycles. The fourth-order valence-corrected chi connectivity index (χ4v) is 1.54. The van der Waals surface area contributed by atoms with Crippen LogP contribution in [0.25, 0.3) is 0 Å². The van der Waals surface area contributed by atoms with Crippen LogP contribution in [0.2, 0.25) is 0 Å². The number of hydrogen-bond donors (Lipinski definition) is 2. The molecule has 1 aromatic carbocycles. The first-order valence-corrected chi connectivity index (χ1v) is 6.14. The molecule has 0 saturated carbocycles. The van der Waals surface area contributed by atoms with Gasteiger partial charge in [-0.1, -0.05) is 13.8 Å². The van der Waals surface area contributed by atoms with Crippen LogP contribution in [0.4, 0.5) is 11.4 Å². The van der Waals surface area contributed by atoms with Gasteiger partial charge < -0.3 is 15.3 Å². The van der Waals surface area contributed by atoms with E-state index in [0.717, 1.165) is 5.69 Å². The number of carboxylic acid groups (broad SMARTS) is 1. The molecule has 5 nitrogen and oxygen atoms in total. The van der Waals surface area contributed by atoms with E-state index in [2.05, 4.69) is 5.32 Å². The second-order valence-electron chi connectivity index (χ2n) is 4.85. The zero-order chi connectivity index (χ0) is 14.6. The van der Waals surface area contributed by atoms with Crippen molar-refractivity contribution < 1.29 is 14.7 Å². The van der Waals surface area contributed by atoms with Crippen molar-refractivity contribution in [2.45, 2.75) is 13.8 Å². The summed E-state index contributed by atoms with van der Waals surface area (Å²) in [6, 6.07) is 7.37. The lowest BCUT2D eigenvalue weighted by atomic mass is 9.95. The zero-order valence-electron chi connectivity index (χ0n) is 11.7. The maximum absolute atomic E-state index is 11.9. The molecular weight excluding hydrogens is 244 g/mol. The molecule has 2 N–H and O–H groups in total. The summed E-state index contributed by atoms with van der Waals surface area (Å²) in [5.41, 5.74) is 1.70. The van der Waals surface area contributed by atoms with Gasteiger partial charge in [0.05, 0.1) is 5.92 Å². The fourth-order valence-electron chi connectivity index (χ4n) is 1.54. The Labute approximate surface area is 113 Å². The summed E-state index contributed by atoms with van der Waals surface area (Å²) >= 11 is 0. The van der Waals surface area contributed by atoms with Crippen molar-refractivity contribution in [2.24, 2.45) is 11.8 Å². The van der Waals surface area contributed by atoms with Gasteiger partial charge in [0.25, 0.3) is 0 Å². The number of carboxylic acids is 1. The largest absolute Gasteiger partial charge is 0.481 e. The minimum absolute atomic E-state index is 0.285. The summed E-state index contributed by atoms with van der Waals surface area (Å²) in [4.78, 5) is 24.7. The van der Waals surface area contributed by atoms with Crippen molar-refractivity contribution in [1.29, 1.82) is 0 Å². The molecule has 1 aromatic rings. The molecule has 5 heteroatoms. The van der Waals surface area contributed by atoms with Crippen LogP contribution in [0.3, 0.4) is 0 Å². The number of nitrogens with one attached hydrogen (secondary N) is 1. The van der Waals surface area contributed by atoms with Gasteiger partial charge in [0.1, 0.15) is 0 Å². The van der Waals surface area contributed by atoms with Crippen LogP contribution in [0.1, 0.15) is 13.8 Å². The lowest BCUT2D eigenvalue weighted by Crippen LogP contribution is -2.29. The van der Waals surface area contributed by atoms with Gasteiger partial charge in [-0.25, -0.2) is 0 Å². The molecule has 0 heterocycles. The molecule has 1 amide bonds. The molecule has 0 radical (unpaired) electrons. The molecular formula is C14H20N2O3. The van der Waals surface area contributed by atoms with Crippen LogP contribution >= 0.6 is 0 Å². The molecule has 0 aliphatic carbocycles. The first kappa shape index (κ1) is 15.0. The quantitative estimate of drug-likeness (QED) is 0.854. The number of benzene rings is 1. The number of carbonyl (C=O) groups is 2. The average Bonchev–Trinajstić information content (AvgIpc) is 2.37. The topological polar surface area (TPSA) is 69.6 Å². The molecule has 2 unspecified atom stereocenters. The highest BCUT2D eigenvalue weighted by molar-refractivity contribution is 5.94. The Bertz CT molecular complexity index is 454. The van der Waals surface area contributed by atoms with Crippen LogP contribution in [0, 0.1) is 11.8 Å². The van der Waals surface area contributed by atoms with E-state index in [9.17, 15) is 9.59 Å². The normalized spacial score (nSPS) is 13.5. The highest BCUT2D eigenvalue weighted by atomic mass is 16.4. The van der Waals surface area contributed by atoms with Gasteiger partial charge in [-0.2, -0.15) is 0 Å². The van der Waals surface area contributed by atoms with E-state index in [1.54, 1.807) is 19.1 Å². The predicted octanol–water partition coefficient (Wildman–Crippen LogP) is 2.05. The summed E-state index contributed by atoms with van der Waals surface area (Å²) in [6.45, 7) is 3.14. The maximum Gasteiger partial charge on any atom is 0.307 e. The lowest BCUT2D eigenvalue weighted by Gasteiger charge is -2.17. The van der Waals surface area contributed by atoms with Crippen LogP contribution in [-0.4, -0.2) is 31.1 Å². The molecule has 0 aliphatic heterocycles. The van der Waals surface area contributed by atoms with Gasteiger partial charge >= 0.3 is 5.97 Å². The van der Waals surface area contributed by atoms with Crippen molar-refractivity contribution in [2.75, 3.05) is 24.3 Å². The van der Waals surface area contributed by atoms with Gasteiger partial charge in [-0.3, -0.25) is 9.59 Å². The van der Waals surface area contributed by atoms with Crippen molar-refractivity contribution >= 4 is 23.3 Å². The van der Waals surface area contributed by atoms with E-state index in [1.807, 2.05) is 31.1 Å². The van der Waals surface area contributed by atoms with Crippen molar-refractivity contribution in [1.82, 2.24) is 0 Å². The number of nitrogens with zero attached hydrogens (tertiary/aromatic N) is 1. The first-order chi connectivity index (χ1) is 8.82. The van der Waals surface area contributed by atoms with E-state index >= 15 is 0 Å². The van der Waals surface area contributed by atoms with Gasteiger partial charge in [-0.05, 0) is 24.3 Å². The third-order valence-electron chi connectivity index (χ3n) is 3.20. The second-order valence-corrected chi connectivity index (χ2v) is 4.85. The minimum Gasteiger partial charge on any atom is -0.481 e. The smallest absolute Gasteiger partial charge is 0.307 e. The van der Waals surface area contributed by atoms with Crippen molar-refractivity contribution in [3.05, 3.63) is 24.3 Å². The monoisotopic (exact) mass is 264 g/mol. The molecule has 104 valence electrons. The van der Waals surface area contributed by atoms with Crippen molar-refractivity contribution in [3.8, 4) is 0 Å². The number of aliphatic carboxylic acids is 1. The third kappa shape index (κ3) is 3.98. The molecule has 0 fully saturated rings. The Kier molecular flexibility index (Phi) is 4.92. The van der Waals surface area contributed by atoms with Crippen LogP contribution < -0.4 is 10.2 Å². The number of rotatable bonds is 5. The third-order valence-corrected chi connectivity index (χ3v) is 3.20. The average molecular weight is 264 g/mol. The fraction of sp³-hybridized carbons (Fsp3) is 0.429. The Morgan fingerprint density at radius 2 is 1.63 bits per heavy atom. The second kappa shape index (κ2) is 6.22. The zero-order valence-corrected chi connectivity index (χ0v) is 11.7. The van der Waals surface area contributed by atoms with Gasteiger partial charge in [0.15, 0.2) is 0 Å². The van der Waals surface area contributed by atoms with Crippen molar-refractivity contribution in [3.63, 3.8) is 0 Å². The van der Waals surface area contributed by atoms with Crippen LogP contribution in [-0.2, 0) is 9.59 Å². The molecule has 0 spiro atoms. The van der Waals surface area contributed by atoms with Crippen LogP contribution in [0.5, 0.6) is 0 Å².